The molecule has 102 valence electrons. The van der Waals surface area contributed by atoms with Gasteiger partial charge in [-0.05, 0) is 12.1 Å². The van der Waals surface area contributed by atoms with Gasteiger partial charge in [-0.15, -0.1) is 0 Å². The van der Waals surface area contributed by atoms with E-state index >= 15 is 0 Å². The Balaban J connectivity index is 2.09. The Morgan fingerprint density at radius 1 is 1.47 bits per heavy atom. The van der Waals surface area contributed by atoms with Crippen LogP contribution in [0.15, 0.2) is 18.2 Å². The molecule has 19 heavy (non-hydrogen) atoms. The van der Waals surface area contributed by atoms with Gasteiger partial charge in [0.05, 0.1) is 17.8 Å². The Labute approximate surface area is 109 Å². The molecule has 1 heterocycles. The van der Waals surface area contributed by atoms with Crippen LogP contribution in [0, 0.1) is 0 Å². The second-order valence-corrected chi connectivity index (χ2v) is 4.02. The summed E-state index contributed by atoms with van der Waals surface area (Å²) in [5.41, 5.74) is 1.03. The number of aliphatic hydroxyl groups is 1. The van der Waals surface area contributed by atoms with Gasteiger partial charge in [-0.2, -0.15) is 0 Å². The topological polar surface area (TPSA) is 108 Å². The number of carbonyl (C=O) groups excluding carboxylic acids is 1. The van der Waals surface area contributed by atoms with Gasteiger partial charge in [-0.25, -0.2) is 4.79 Å². The van der Waals surface area contributed by atoms with E-state index < -0.39 is 18.0 Å². The molecular weight excluding hydrogens is 252 g/mol. The molecule has 7 nitrogen and oxygen atoms in total. The predicted octanol–water partition coefficient (Wildman–Crippen LogP) is -0.334. The summed E-state index contributed by atoms with van der Waals surface area (Å²) in [7, 11) is 0. The van der Waals surface area contributed by atoms with E-state index in [0.717, 1.165) is 5.69 Å². The fourth-order valence-corrected chi connectivity index (χ4v) is 1.72. The van der Waals surface area contributed by atoms with Crippen LogP contribution in [0.25, 0.3) is 0 Å². The van der Waals surface area contributed by atoms with Crippen LogP contribution in [0.2, 0.25) is 0 Å². The van der Waals surface area contributed by atoms with Crippen molar-refractivity contribution in [1.29, 1.82) is 0 Å². The zero-order chi connectivity index (χ0) is 13.8. The van der Waals surface area contributed by atoms with Crippen LogP contribution < -0.4 is 15.4 Å². The minimum absolute atomic E-state index is 0.308. The van der Waals surface area contributed by atoms with Crippen molar-refractivity contribution in [2.45, 2.75) is 6.10 Å². The average molecular weight is 266 g/mol. The van der Waals surface area contributed by atoms with Crippen molar-refractivity contribution in [3.05, 3.63) is 23.8 Å². The fraction of sp³-hybridized carbons (Fsp3) is 0.333. The molecule has 1 unspecified atom stereocenters. The highest BCUT2D eigenvalue weighted by molar-refractivity contribution is 5.99. The number of para-hydroxylation sites is 1. The maximum Gasteiger partial charge on any atom is 0.334 e. The second-order valence-electron chi connectivity index (χ2n) is 4.02. The summed E-state index contributed by atoms with van der Waals surface area (Å²) in [4.78, 5) is 22.4. The quantitative estimate of drug-likeness (QED) is 0.594. The van der Waals surface area contributed by atoms with Gasteiger partial charge in [0.15, 0.2) is 11.9 Å². The Hall–Kier alpha value is -2.28. The minimum Gasteiger partial charge on any atom is -0.489 e. The highest BCUT2D eigenvalue weighted by Crippen LogP contribution is 2.30. The molecule has 0 spiro atoms. The van der Waals surface area contributed by atoms with E-state index in [1.165, 1.54) is 0 Å². The number of aliphatic hydroxyl groups excluding tert-OH is 1. The molecule has 0 aromatic heterocycles. The third-order valence-corrected chi connectivity index (χ3v) is 2.66. The highest BCUT2D eigenvalue weighted by Gasteiger charge is 2.20. The predicted molar refractivity (Wildman–Crippen MR) is 66.4 cm³/mol. The number of ether oxygens (including phenoxy) is 1. The summed E-state index contributed by atoms with van der Waals surface area (Å²) in [6.07, 6.45) is -1.62. The molecule has 1 atom stereocenters. The number of amides is 1. The van der Waals surface area contributed by atoms with E-state index in [1.54, 1.807) is 18.2 Å². The molecule has 0 bridgehead atoms. The first-order chi connectivity index (χ1) is 9.09. The van der Waals surface area contributed by atoms with Crippen LogP contribution in [-0.2, 0) is 4.79 Å². The van der Waals surface area contributed by atoms with E-state index in [1.807, 2.05) is 0 Å². The summed E-state index contributed by atoms with van der Waals surface area (Å²) < 4.78 is 5.43. The lowest BCUT2D eigenvalue weighted by atomic mass is 10.1. The molecule has 2 rings (SSSR count). The lowest BCUT2D eigenvalue weighted by molar-refractivity contribution is -0.146. The molecule has 0 fully saturated rings. The van der Waals surface area contributed by atoms with Crippen molar-refractivity contribution in [1.82, 2.24) is 5.32 Å². The number of rotatable bonds is 4. The molecule has 1 aromatic carbocycles. The van der Waals surface area contributed by atoms with Crippen LogP contribution >= 0.6 is 0 Å². The number of nitrogens with one attached hydrogen (secondary N) is 2. The largest absolute Gasteiger partial charge is 0.489 e. The molecule has 7 heteroatoms. The Morgan fingerprint density at radius 2 is 2.26 bits per heavy atom. The van der Waals surface area contributed by atoms with Gasteiger partial charge in [-0.3, -0.25) is 4.79 Å². The normalized spacial score (nSPS) is 14.6. The Kier molecular flexibility index (Phi) is 3.86. The number of aliphatic carboxylic acids is 1. The van der Waals surface area contributed by atoms with E-state index in [-0.39, 0.29) is 6.54 Å². The number of fused-ring (bicyclic) bond motifs is 1. The molecule has 1 amide bonds. The SMILES string of the molecule is O=C(NCC(O)C(=O)O)c1cccc2c1OCCN2. The van der Waals surface area contributed by atoms with Crippen molar-refractivity contribution in [3.63, 3.8) is 0 Å². The average Bonchev–Trinajstić information content (AvgIpc) is 2.43. The van der Waals surface area contributed by atoms with E-state index in [0.29, 0.717) is 24.5 Å². The maximum atomic E-state index is 11.9. The van der Waals surface area contributed by atoms with Crippen LogP contribution in [0.1, 0.15) is 10.4 Å². The molecule has 0 saturated carbocycles. The lowest BCUT2D eigenvalue weighted by Crippen LogP contribution is -2.36. The molecule has 0 saturated heterocycles. The zero-order valence-electron chi connectivity index (χ0n) is 10.0. The zero-order valence-corrected chi connectivity index (χ0v) is 10.0. The fourth-order valence-electron chi connectivity index (χ4n) is 1.72. The van der Waals surface area contributed by atoms with Crippen LogP contribution in [0.5, 0.6) is 5.75 Å². The van der Waals surface area contributed by atoms with Gasteiger partial charge in [0.1, 0.15) is 6.61 Å². The summed E-state index contributed by atoms with van der Waals surface area (Å²) in [6, 6.07) is 5.06. The number of carboxylic acids is 1. The van der Waals surface area contributed by atoms with Crippen molar-refractivity contribution in [2.24, 2.45) is 0 Å². The Bertz CT molecular complexity index is 503. The van der Waals surface area contributed by atoms with Gasteiger partial charge in [0.25, 0.3) is 5.91 Å². The van der Waals surface area contributed by atoms with Crippen LogP contribution in [-0.4, -0.2) is 47.9 Å². The van der Waals surface area contributed by atoms with Crippen molar-refractivity contribution < 1.29 is 24.5 Å². The third kappa shape index (κ3) is 2.94. The van der Waals surface area contributed by atoms with Gasteiger partial charge < -0.3 is 25.6 Å². The van der Waals surface area contributed by atoms with Crippen LogP contribution in [0.3, 0.4) is 0 Å². The molecule has 1 aliphatic heterocycles. The molecular formula is C12H14N2O5. The first kappa shape index (κ1) is 13.2. The first-order valence-corrected chi connectivity index (χ1v) is 5.78. The number of carbonyl (C=O) groups is 2. The molecule has 4 N–H and O–H groups in total. The molecule has 0 radical (unpaired) electrons. The molecule has 1 aliphatic rings. The van der Waals surface area contributed by atoms with Crippen molar-refractivity contribution >= 4 is 17.6 Å². The van der Waals surface area contributed by atoms with Gasteiger partial charge in [0.2, 0.25) is 0 Å². The Morgan fingerprint density at radius 3 is 3.00 bits per heavy atom. The maximum absolute atomic E-state index is 11.9. The number of anilines is 1. The smallest absolute Gasteiger partial charge is 0.334 e. The number of hydrogen-bond donors (Lipinski definition) is 4. The van der Waals surface area contributed by atoms with Crippen LogP contribution in [0.4, 0.5) is 5.69 Å². The summed E-state index contributed by atoms with van der Waals surface area (Å²) >= 11 is 0. The number of hydrogen-bond acceptors (Lipinski definition) is 5. The van der Waals surface area contributed by atoms with Gasteiger partial charge in [-0.1, -0.05) is 6.07 Å². The minimum atomic E-state index is -1.62. The van der Waals surface area contributed by atoms with Gasteiger partial charge >= 0.3 is 5.97 Å². The summed E-state index contributed by atoms with van der Waals surface area (Å²) in [5, 5.41) is 23.1. The summed E-state index contributed by atoms with van der Waals surface area (Å²) in [6.45, 7) is 0.760. The standard InChI is InChI=1S/C12H14N2O5/c15-9(12(17)18)6-14-11(16)7-2-1-3-8-10(7)19-5-4-13-8/h1-3,9,13,15H,4-6H2,(H,14,16)(H,17,18). The van der Waals surface area contributed by atoms with Crippen molar-refractivity contribution in [3.8, 4) is 5.75 Å². The first-order valence-electron chi connectivity index (χ1n) is 5.78. The summed E-state index contributed by atoms with van der Waals surface area (Å²) in [5.74, 6) is -1.43. The molecule has 1 aromatic rings. The van der Waals surface area contributed by atoms with Crippen molar-refractivity contribution in [2.75, 3.05) is 25.0 Å². The number of benzene rings is 1. The molecule has 0 aliphatic carbocycles. The van der Waals surface area contributed by atoms with E-state index in [2.05, 4.69) is 10.6 Å². The lowest BCUT2D eigenvalue weighted by Gasteiger charge is -2.21. The van der Waals surface area contributed by atoms with E-state index in [9.17, 15) is 9.59 Å². The second kappa shape index (κ2) is 5.57. The monoisotopic (exact) mass is 266 g/mol. The number of carboxylic acid groups (broad SMARTS) is 1. The highest BCUT2D eigenvalue weighted by atomic mass is 16.5. The van der Waals surface area contributed by atoms with Gasteiger partial charge in [0, 0.05) is 6.54 Å². The third-order valence-electron chi connectivity index (χ3n) is 2.66. The van der Waals surface area contributed by atoms with E-state index in [4.69, 9.17) is 14.9 Å².